The van der Waals surface area contributed by atoms with Crippen LogP contribution in [-0.2, 0) is 27.3 Å². The molecule has 3 aromatic rings. The van der Waals surface area contributed by atoms with Gasteiger partial charge >= 0.3 is 0 Å². The van der Waals surface area contributed by atoms with Crippen LogP contribution in [0, 0.1) is 5.82 Å². The molecule has 0 saturated carbocycles. The van der Waals surface area contributed by atoms with Crippen LogP contribution in [0.25, 0.3) is 10.8 Å². The van der Waals surface area contributed by atoms with E-state index in [4.69, 9.17) is 10.5 Å². The van der Waals surface area contributed by atoms with Crippen molar-refractivity contribution in [1.29, 1.82) is 0 Å². The van der Waals surface area contributed by atoms with Gasteiger partial charge in [0.05, 0.1) is 6.61 Å². The number of halogens is 1. The molecule has 7 heteroatoms. The summed E-state index contributed by atoms with van der Waals surface area (Å²) in [6.07, 6.45) is 0.201. The Morgan fingerprint density at radius 3 is 2.45 bits per heavy atom. The average Bonchev–Trinajstić information content (AvgIpc) is 2.78. The molecule has 2 unspecified atom stereocenters. The molecular formula is C24H26FN3O3. The third kappa shape index (κ3) is 6.10. The largest absolute Gasteiger partial charge is 0.383 e. The van der Waals surface area contributed by atoms with E-state index in [1.807, 2.05) is 42.5 Å². The van der Waals surface area contributed by atoms with Gasteiger partial charge in [-0.1, -0.05) is 54.6 Å². The third-order valence-electron chi connectivity index (χ3n) is 5.00. The van der Waals surface area contributed by atoms with Crippen molar-refractivity contribution in [2.75, 3.05) is 13.7 Å². The van der Waals surface area contributed by atoms with E-state index in [9.17, 15) is 14.0 Å². The third-order valence-corrected chi connectivity index (χ3v) is 5.00. The van der Waals surface area contributed by atoms with Crippen LogP contribution in [0.3, 0.4) is 0 Å². The molecule has 2 amide bonds. The van der Waals surface area contributed by atoms with Gasteiger partial charge in [-0.3, -0.25) is 9.59 Å². The highest BCUT2D eigenvalue weighted by atomic mass is 19.1. The van der Waals surface area contributed by atoms with Crippen molar-refractivity contribution >= 4 is 22.6 Å². The molecule has 0 aliphatic heterocycles. The first-order valence-corrected chi connectivity index (χ1v) is 10.0. The molecule has 4 N–H and O–H groups in total. The Labute approximate surface area is 180 Å². The number of nitrogens with one attached hydrogen (secondary N) is 2. The Hall–Kier alpha value is -3.29. The maximum Gasteiger partial charge on any atom is 0.243 e. The topological polar surface area (TPSA) is 93.4 Å². The summed E-state index contributed by atoms with van der Waals surface area (Å²) < 4.78 is 18.2. The van der Waals surface area contributed by atoms with Gasteiger partial charge < -0.3 is 21.1 Å². The molecule has 0 spiro atoms. The highest BCUT2D eigenvalue weighted by molar-refractivity contribution is 5.90. The van der Waals surface area contributed by atoms with Gasteiger partial charge in [-0.05, 0) is 34.0 Å². The van der Waals surface area contributed by atoms with E-state index in [1.54, 1.807) is 12.1 Å². The normalized spacial score (nSPS) is 12.9. The smallest absolute Gasteiger partial charge is 0.243 e. The number of ether oxygens (including phenoxy) is 1. The Balaban J connectivity index is 1.74. The van der Waals surface area contributed by atoms with E-state index >= 15 is 0 Å². The second kappa shape index (κ2) is 10.7. The summed E-state index contributed by atoms with van der Waals surface area (Å²) in [4.78, 5) is 25.4. The Morgan fingerprint density at radius 1 is 1.00 bits per heavy atom. The number of carbonyl (C=O) groups is 2. The monoisotopic (exact) mass is 423 g/mol. The summed E-state index contributed by atoms with van der Waals surface area (Å²) >= 11 is 0. The van der Waals surface area contributed by atoms with E-state index in [-0.39, 0.29) is 24.8 Å². The zero-order chi connectivity index (χ0) is 22.2. The zero-order valence-corrected chi connectivity index (χ0v) is 17.3. The van der Waals surface area contributed by atoms with Gasteiger partial charge in [0.1, 0.15) is 17.9 Å². The number of rotatable bonds is 9. The molecule has 0 aliphatic rings. The van der Waals surface area contributed by atoms with Gasteiger partial charge in [0.15, 0.2) is 0 Å². The van der Waals surface area contributed by atoms with Gasteiger partial charge in [0.2, 0.25) is 11.8 Å². The highest BCUT2D eigenvalue weighted by Gasteiger charge is 2.24. The molecule has 162 valence electrons. The van der Waals surface area contributed by atoms with Crippen LogP contribution in [0.4, 0.5) is 4.39 Å². The van der Waals surface area contributed by atoms with Crippen molar-refractivity contribution in [3.63, 3.8) is 0 Å². The Kier molecular flexibility index (Phi) is 7.70. The molecule has 0 radical (unpaired) electrons. The van der Waals surface area contributed by atoms with Gasteiger partial charge in [-0.2, -0.15) is 0 Å². The fourth-order valence-electron chi connectivity index (χ4n) is 3.35. The van der Waals surface area contributed by atoms with Crippen LogP contribution in [0.2, 0.25) is 0 Å². The average molecular weight is 423 g/mol. The summed E-state index contributed by atoms with van der Waals surface area (Å²) in [5, 5.41) is 7.71. The van der Waals surface area contributed by atoms with Gasteiger partial charge in [-0.25, -0.2) is 4.39 Å². The number of hydrogen-bond donors (Lipinski definition) is 3. The molecule has 0 aromatic heterocycles. The Morgan fingerprint density at radius 2 is 1.71 bits per heavy atom. The molecular weight excluding hydrogens is 397 g/mol. The number of carbonyl (C=O) groups excluding carboxylic acids is 2. The van der Waals surface area contributed by atoms with E-state index in [0.717, 1.165) is 16.3 Å². The molecule has 2 atom stereocenters. The fraction of sp³-hybridized carbons (Fsp3) is 0.250. The molecule has 3 rings (SSSR count). The van der Waals surface area contributed by atoms with Crippen molar-refractivity contribution in [2.24, 2.45) is 5.73 Å². The van der Waals surface area contributed by atoms with Crippen molar-refractivity contribution in [3.05, 3.63) is 83.7 Å². The quantitative estimate of drug-likeness (QED) is 0.492. The summed E-state index contributed by atoms with van der Waals surface area (Å²) in [5.74, 6) is -1.21. The number of methoxy groups -OCH3 is 1. The number of benzene rings is 3. The SMILES string of the molecule is COCC(N)C(=O)NC(Cc1ccc(F)cc1)C(=O)NCc1cccc2ccccc12. The minimum Gasteiger partial charge on any atom is -0.383 e. The molecule has 0 fully saturated rings. The minimum absolute atomic E-state index is 0.0344. The lowest BCUT2D eigenvalue weighted by atomic mass is 10.0. The van der Waals surface area contributed by atoms with Crippen molar-refractivity contribution in [1.82, 2.24) is 10.6 Å². The highest BCUT2D eigenvalue weighted by Crippen LogP contribution is 2.18. The Bertz CT molecular complexity index is 1030. The molecule has 0 aliphatic carbocycles. The van der Waals surface area contributed by atoms with Crippen LogP contribution in [0.15, 0.2) is 66.7 Å². The minimum atomic E-state index is -0.897. The first-order chi connectivity index (χ1) is 15.0. The van der Waals surface area contributed by atoms with E-state index in [0.29, 0.717) is 12.1 Å². The first kappa shape index (κ1) is 22.4. The first-order valence-electron chi connectivity index (χ1n) is 10.0. The van der Waals surface area contributed by atoms with Crippen molar-refractivity contribution in [2.45, 2.75) is 25.0 Å². The lowest BCUT2D eigenvalue weighted by molar-refractivity contribution is -0.130. The predicted molar refractivity (Wildman–Crippen MR) is 118 cm³/mol. The van der Waals surface area contributed by atoms with E-state index < -0.39 is 18.0 Å². The van der Waals surface area contributed by atoms with Crippen LogP contribution in [0.1, 0.15) is 11.1 Å². The van der Waals surface area contributed by atoms with Crippen molar-refractivity contribution < 1.29 is 18.7 Å². The standard InChI is InChI=1S/C24H26FN3O3/c1-31-15-21(26)23(29)28-22(13-16-9-11-19(25)12-10-16)24(30)27-14-18-7-4-6-17-5-2-3-8-20(17)18/h2-12,21-22H,13-15,26H2,1H3,(H,27,30)(H,28,29). The van der Waals surface area contributed by atoms with Crippen LogP contribution in [0.5, 0.6) is 0 Å². The van der Waals surface area contributed by atoms with Gasteiger partial charge in [0, 0.05) is 20.1 Å². The molecule has 3 aromatic carbocycles. The zero-order valence-electron chi connectivity index (χ0n) is 17.3. The predicted octanol–water partition coefficient (Wildman–Crippen LogP) is 2.30. The number of amides is 2. The maximum absolute atomic E-state index is 13.2. The van der Waals surface area contributed by atoms with E-state index in [1.165, 1.54) is 19.2 Å². The lowest BCUT2D eigenvalue weighted by Gasteiger charge is -2.21. The summed E-state index contributed by atoms with van der Waals surface area (Å²) in [6, 6.07) is 17.9. The number of hydrogen-bond acceptors (Lipinski definition) is 4. The van der Waals surface area contributed by atoms with E-state index in [2.05, 4.69) is 10.6 Å². The lowest BCUT2D eigenvalue weighted by Crippen LogP contribution is -2.53. The van der Waals surface area contributed by atoms with Gasteiger partial charge in [0.25, 0.3) is 0 Å². The van der Waals surface area contributed by atoms with Crippen LogP contribution in [-0.4, -0.2) is 37.6 Å². The summed E-state index contributed by atoms with van der Waals surface area (Å²) in [7, 11) is 1.44. The summed E-state index contributed by atoms with van der Waals surface area (Å²) in [6.45, 7) is 0.340. The maximum atomic E-state index is 13.2. The number of nitrogens with two attached hydrogens (primary N) is 1. The summed E-state index contributed by atoms with van der Waals surface area (Å²) in [5.41, 5.74) is 7.48. The second-order valence-electron chi connectivity index (χ2n) is 7.31. The van der Waals surface area contributed by atoms with Crippen molar-refractivity contribution in [3.8, 4) is 0 Å². The fourth-order valence-corrected chi connectivity index (χ4v) is 3.35. The molecule has 6 nitrogen and oxygen atoms in total. The van der Waals surface area contributed by atoms with Gasteiger partial charge in [-0.15, -0.1) is 0 Å². The molecule has 0 heterocycles. The van der Waals surface area contributed by atoms with Crippen LogP contribution < -0.4 is 16.4 Å². The number of fused-ring (bicyclic) bond motifs is 1. The van der Waals surface area contributed by atoms with Crippen LogP contribution >= 0.6 is 0 Å². The second-order valence-corrected chi connectivity index (χ2v) is 7.31. The molecule has 0 bridgehead atoms. The molecule has 31 heavy (non-hydrogen) atoms. The molecule has 0 saturated heterocycles.